The Bertz CT molecular complexity index is 786. The minimum absolute atomic E-state index is 0.142. The number of hydrogen-bond donors (Lipinski definition) is 1. The minimum atomic E-state index is -0.142. The number of amides is 1. The van der Waals surface area contributed by atoms with Crippen molar-refractivity contribution in [2.45, 2.75) is 32.1 Å². The van der Waals surface area contributed by atoms with Gasteiger partial charge in [0.05, 0.1) is 14.2 Å². The molecule has 3 rings (SSSR count). The highest BCUT2D eigenvalue weighted by Crippen LogP contribution is 2.27. The van der Waals surface area contributed by atoms with Crippen LogP contribution in [0.5, 0.6) is 11.5 Å². The number of benzene rings is 1. The molecule has 1 N–H and O–H groups in total. The van der Waals surface area contributed by atoms with Crippen molar-refractivity contribution >= 4 is 11.6 Å². The zero-order valence-corrected chi connectivity index (χ0v) is 16.7. The van der Waals surface area contributed by atoms with Crippen LogP contribution in [0.25, 0.3) is 0 Å². The van der Waals surface area contributed by atoms with Gasteiger partial charge in [0, 0.05) is 31.5 Å². The number of carbonyl (C=O) groups excluding carboxylic acids is 1. The maximum atomic E-state index is 12.5. The Labute approximate surface area is 166 Å². The highest BCUT2D eigenvalue weighted by molar-refractivity contribution is 5.93. The van der Waals surface area contributed by atoms with Crippen LogP contribution in [0.3, 0.4) is 0 Å². The highest BCUT2D eigenvalue weighted by atomic mass is 16.5. The van der Waals surface area contributed by atoms with Crippen molar-refractivity contribution in [3.63, 3.8) is 0 Å². The summed E-state index contributed by atoms with van der Waals surface area (Å²) >= 11 is 0. The van der Waals surface area contributed by atoms with Gasteiger partial charge in [-0.2, -0.15) is 0 Å². The third kappa shape index (κ3) is 5.15. The smallest absolute Gasteiger partial charge is 0.269 e. The summed E-state index contributed by atoms with van der Waals surface area (Å²) in [6.07, 6.45) is 7.40. The first kappa shape index (κ1) is 20.0. The van der Waals surface area contributed by atoms with Gasteiger partial charge >= 0.3 is 0 Å². The Morgan fingerprint density at radius 1 is 1.04 bits per heavy atom. The number of anilines is 1. The molecule has 1 aliphatic heterocycles. The molecule has 2 aromatic rings. The summed E-state index contributed by atoms with van der Waals surface area (Å²) in [7, 11) is 3.23. The number of ether oxygens (including phenoxy) is 2. The van der Waals surface area contributed by atoms with Crippen LogP contribution in [0, 0.1) is 0 Å². The lowest BCUT2D eigenvalue weighted by molar-refractivity contribution is 0.0949. The fraction of sp³-hybridized carbons (Fsp3) is 0.455. The minimum Gasteiger partial charge on any atom is -0.493 e. The zero-order valence-electron chi connectivity index (χ0n) is 16.7. The molecule has 1 aliphatic rings. The summed E-state index contributed by atoms with van der Waals surface area (Å²) < 4.78 is 10.6. The van der Waals surface area contributed by atoms with Gasteiger partial charge in [-0.3, -0.25) is 9.78 Å². The second kappa shape index (κ2) is 9.97. The number of pyridine rings is 1. The first-order valence-corrected chi connectivity index (χ1v) is 9.91. The van der Waals surface area contributed by atoms with Gasteiger partial charge in [-0.05, 0) is 49.1 Å². The Kier molecular flexibility index (Phi) is 7.12. The van der Waals surface area contributed by atoms with E-state index < -0.39 is 0 Å². The second-order valence-electron chi connectivity index (χ2n) is 7.00. The van der Waals surface area contributed by atoms with Crippen molar-refractivity contribution in [1.82, 2.24) is 10.3 Å². The number of nitrogens with one attached hydrogen (secondary N) is 1. The number of nitrogens with zero attached hydrogens (tertiary/aromatic N) is 2. The van der Waals surface area contributed by atoms with Crippen molar-refractivity contribution in [2.24, 2.45) is 0 Å². The van der Waals surface area contributed by atoms with Gasteiger partial charge in [0.2, 0.25) is 0 Å². The van der Waals surface area contributed by atoms with E-state index in [1.54, 1.807) is 20.4 Å². The topological polar surface area (TPSA) is 63.7 Å². The lowest BCUT2D eigenvalue weighted by Gasteiger charge is -2.22. The van der Waals surface area contributed by atoms with Crippen LogP contribution < -0.4 is 19.7 Å². The van der Waals surface area contributed by atoms with Gasteiger partial charge in [-0.15, -0.1) is 0 Å². The van der Waals surface area contributed by atoms with Gasteiger partial charge in [0.25, 0.3) is 5.91 Å². The second-order valence-corrected chi connectivity index (χ2v) is 7.00. The molecule has 0 bridgehead atoms. The molecule has 1 amide bonds. The Hall–Kier alpha value is -2.76. The summed E-state index contributed by atoms with van der Waals surface area (Å²) in [4.78, 5) is 19.1. The van der Waals surface area contributed by atoms with E-state index in [4.69, 9.17) is 9.47 Å². The number of rotatable bonds is 7. The largest absolute Gasteiger partial charge is 0.493 e. The molecule has 150 valence electrons. The van der Waals surface area contributed by atoms with Gasteiger partial charge in [-0.25, -0.2) is 0 Å². The SMILES string of the molecule is COc1ccc(CCNC(=O)c2cc(N3CCCCCC3)ccn2)cc1OC. The Morgan fingerprint density at radius 3 is 2.50 bits per heavy atom. The van der Waals surface area contributed by atoms with Gasteiger partial charge < -0.3 is 19.7 Å². The van der Waals surface area contributed by atoms with Crippen molar-refractivity contribution in [3.05, 3.63) is 47.8 Å². The van der Waals surface area contributed by atoms with Crippen LogP contribution in [0.15, 0.2) is 36.5 Å². The van der Waals surface area contributed by atoms with Crippen molar-refractivity contribution < 1.29 is 14.3 Å². The summed E-state index contributed by atoms with van der Waals surface area (Å²) in [5.74, 6) is 1.25. The van der Waals surface area contributed by atoms with Crippen LogP contribution in [-0.2, 0) is 6.42 Å². The molecule has 0 radical (unpaired) electrons. The normalized spacial score (nSPS) is 14.3. The highest BCUT2D eigenvalue weighted by Gasteiger charge is 2.13. The molecule has 0 atom stereocenters. The van der Waals surface area contributed by atoms with Crippen LogP contribution >= 0.6 is 0 Å². The Balaban J connectivity index is 1.57. The first-order chi connectivity index (χ1) is 13.7. The molecule has 1 aromatic heterocycles. The monoisotopic (exact) mass is 383 g/mol. The van der Waals surface area contributed by atoms with Crippen LogP contribution in [0.1, 0.15) is 41.7 Å². The molecule has 1 saturated heterocycles. The molecule has 1 aromatic carbocycles. The predicted octanol–water partition coefficient (Wildman–Crippen LogP) is 3.45. The molecular weight excluding hydrogens is 354 g/mol. The van der Waals surface area contributed by atoms with E-state index in [1.807, 2.05) is 30.3 Å². The molecule has 1 fully saturated rings. The summed E-state index contributed by atoms with van der Waals surface area (Å²) in [6, 6.07) is 9.68. The average Bonchev–Trinajstić information content (AvgIpc) is 3.03. The summed E-state index contributed by atoms with van der Waals surface area (Å²) in [5, 5.41) is 2.96. The lowest BCUT2D eigenvalue weighted by Crippen LogP contribution is -2.28. The van der Waals surface area contributed by atoms with E-state index in [-0.39, 0.29) is 5.91 Å². The number of carbonyl (C=O) groups is 1. The van der Waals surface area contributed by atoms with Crippen molar-refractivity contribution in [1.29, 1.82) is 0 Å². The number of aromatic nitrogens is 1. The fourth-order valence-corrected chi connectivity index (χ4v) is 3.52. The quantitative estimate of drug-likeness (QED) is 0.793. The summed E-state index contributed by atoms with van der Waals surface area (Å²) in [6.45, 7) is 2.62. The molecule has 6 nitrogen and oxygen atoms in total. The zero-order chi connectivity index (χ0) is 19.8. The maximum Gasteiger partial charge on any atom is 0.269 e. The summed E-state index contributed by atoms with van der Waals surface area (Å²) in [5.41, 5.74) is 2.63. The van der Waals surface area contributed by atoms with Crippen LogP contribution in [-0.4, -0.2) is 44.7 Å². The molecule has 28 heavy (non-hydrogen) atoms. The van der Waals surface area contributed by atoms with E-state index in [9.17, 15) is 4.79 Å². The Morgan fingerprint density at radius 2 is 1.79 bits per heavy atom. The molecular formula is C22H29N3O3. The molecule has 0 saturated carbocycles. The molecule has 0 spiro atoms. The third-order valence-electron chi connectivity index (χ3n) is 5.09. The standard InChI is InChI=1S/C22H29N3O3/c1-27-20-8-7-17(15-21(20)28-2)9-11-24-22(26)19-16-18(10-12-23-19)25-13-5-3-4-6-14-25/h7-8,10,12,15-16H,3-6,9,11,13-14H2,1-2H3,(H,24,26). The van der Waals surface area contributed by atoms with E-state index in [0.29, 0.717) is 30.2 Å². The van der Waals surface area contributed by atoms with Crippen molar-refractivity contribution in [3.8, 4) is 11.5 Å². The van der Waals surface area contributed by atoms with E-state index in [2.05, 4.69) is 15.2 Å². The predicted molar refractivity (Wildman–Crippen MR) is 111 cm³/mol. The third-order valence-corrected chi connectivity index (χ3v) is 5.09. The molecule has 0 unspecified atom stereocenters. The van der Waals surface area contributed by atoms with Gasteiger partial charge in [0.15, 0.2) is 11.5 Å². The molecule has 2 heterocycles. The number of hydrogen-bond acceptors (Lipinski definition) is 5. The van der Waals surface area contributed by atoms with E-state index in [0.717, 1.165) is 24.3 Å². The first-order valence-electron chi connectivity index (χ1n) is 9.91. The van der Waals surface area contributed by atoms with E-state index >= 15 is 0 Å². The average molecular weight is 383 g/mol. The maximum absolute atomic E-state index is 12.5. The van der Waals surface area contributed by atoms with Crippen LogP contribution in [0.2, 0.25) is 0 Å². The molecule has 0 aliphatic carbocycles. The van der Waals surface area contributed by atoms with E-state index in [1.165, 1.54) is 25.7 Å². The van der Waals surface area contributed by atoms with Crippen molar-refractivity contribution in [2.75, 3.05) is 38.8 Å². The number of methoxy groups -OCH3 is 2. The fourth-order valence-electron chi connectivity index (χ4n) is 3.52. The van der Waals surface area contributed by atoms with Gasteiger partial charge in [-0.1, -0.05) is 18.9 Å². The van der Waals surface area contributed by atoms with Gasteiger partial charge in [0.1, 0.15) is 5.69 Å². The van der Waals surface area contributed by atoms with Crippen LogP contribution in [0.4, 0.5) is 5.69 Å². The lowest BCUT2D eigenvalue weighted by atomic mass is 10.1. The molecule has 6 heteroatoms.